The third-order valence-corrected chi connectivity index (χ3v) is 5.55. The number of aliphatic hydroxyl groups is 1. The van der Waals surface area contributed by atoms with Crippen LogP contribution in [0.3, 0.4) is 0 Å². The summed E-state index contributed by atoms with van der Waals surface area (Å²) < 4.78 is 31.8. The summed E-state index contributed by atoms with van der Waals surface area (Å²) in [5, 5.41) is 8.57. The number of hydrogen-bond acceptors (Lipinski definition) is 8. The zero-order valence-corrected chi connectivity index (χ0v) is 24.1. The van der Waals surface area contributed by atoms with Gasteiger partial charge in [0, 0.05) is 6.42 Å². The second kappa shape index (κ2) is 33.7. The predicted octanol–water partition coefficient (Wildman–Crippen LogP) is 5.42. The Hall–Kier alpha value is -1.29. The smallest absolute Gasteiger partial charge is 0.305 e. The van der Waals surface area contributed by atoms with E-state index >= 15 is 0 Å². The molecule has 0 atom stereocenters. The molecule has 0 aliphatic rings. The minimum atomic E-state index is -0.144. The van der Waals surface area contributed by atoms with Gasteiger partial charge in [0.15, 0.2) is 0 Å². The van der Waals surface area contributed by atoms with Crippen molar-refractivity contribution in [2.45, 2.75) is 84.0 Å². The Labute approximate surface area is 232 Å². The highest BCUT2D eigenvalue weighted by Gasteiger charge is 2.02. The number of allylic oxidation sites excluding steroid dienone is 4. The Kier molecular flexibility index (Phi) is 32.6. The second-order valence-corrected chi connectivity index (χ2v) is 8.99. The fourth-order valence-corrected chi connectivity index (χ4v) is 3.41. The molecule has 0 bridgehead atoms. The molecule has 0 heterocycles. The molecule has 0 fully saturated rings. The van der Waals surface area contributed by atoms with Crippen LogP contribution < -0.4 is 0 Å². The Morgan fingerprint density at radius 3 is 1.53 bits per heavy atom. The molecule has 1 N–H and O–H groups in total. The van der Waals surface area contributed by atoms with Gasteiger partial charge in [-0.2, -0.15) is 0 Å². The van der Waals surface area contributed by atoms with Crippen LogP contribution in [0.15, 0.2) is 24.3 Å². The van der Waals surface area contributed by atoms with Crippen molar-refractivity contribution in [2.24, 2.45) is 0 Å². The number of ether oxygens (including phenoxy) is 6. The van der Waals surface area contributed by atoms with E-state index in [2.05, 4.69) is 31.2 Å². The SMILES string of the molecule is CCCCCC=CCC=CCCCCCCCC(=O)OCCOCCOCCOCCOCCOCCO. The van der Waals surface area contributed by atoms with Gasteiger partial charge >= 0.3 is 5.97 Å². The molecule has 0 saturated heterocycles. The van der Waals surface area contributed by atoms with Gasteiger partial charge in [-0.25, -0.2) is 0 Å². The van der Waals surface area contributed by atoms with Gasteiger partial charge in [-0.05, 0) is 38.5 Å². The van der Waals surface area contributed by atoms with Crippen molar-refractivity contribution >= 4 is 5.97 Å². The molecule has 0 saturated carbocycles. The lowest BCUT2D eigenvalue weighted by Crippen LogP contribution is -2.15. The zero-order chi connectivity index (χ0) is 27.6. The van der Waals surface area contributed by atoms with Gasteiger partial charge in [0.25, 0.3) is 0 Å². The molecule has 0 rings (SSSR count). The summed E-state index contributed by atoms with van der Waals surface area (Å²) in [5.74, 6) is -0.144. The van der Waals surface area contributed by atoms with Crippen molar-refractivity contribution in [3.8, 4) is 0 Å². The van der Waals surface area contributed by atoms with Gasteiger partial charge in [-0.3, -0.25) is 4.79 Å². The summed E-state index contributed by atoms with van der Waals surface area (Å²) in [5.41, 5.74) is 0. The number of rotatable bonds is 31. The number of aliphatic hydroxyl groups excluding tert-OH is 1. The first-order valence-electron chi connectivity index (χ1n) is 14.8. The van der Waals surface area contributed by atoms with E-state index in [0.717, 1.165) is 25.7 Å². The van der Waals surface area contributed by atoms with Crippen LogP contribution in [0, 0.1) is 0 Å². The average Bonchev–Trinajstić information content (AvgIpc) is 2.92. The first-order valence-corrected chi connectivity index (χ1v) is 14.8. The minimum Gasteiger partial charge on any atom is -0.463 e. The van der Waals surface area contributed by atoms with Crippen molar-refractivity contribution in [3.05, 3.63) is 24.3 Å². The maximum absolute atomic E-state index is 11.8. The highest BCUT2D eigenvalue weighted by molar-refractivity contribution is 5.69. The molecule has 0 aromatic heterocycles. The second-order valence-electron chi connectivity index (χ2n) is 8.99. The van der Waals surface area contributed by atoms with Gasteiger partial charge in [-0.1, -0.05) is 63.3 Å². The number of unbranched alkanes of at least 4 members (excludes halogenated alkanes) is 8. The van der Waals surface area contributed by atoms with Gasteiger partial charge in [0.05, 0.1) is 72.7 Å². The van der Waals surface area contributed by atoms with Crippen LogP contribution in [0.5, 0.6) is 0 Å². The molecule has 0 aromatic rings. The van der Waals surface area contributed by atoms with E-state index in [9.17, 15) is 4.79 Å². The molecule has 0 amide bonds. The van der Waals surface area contributed by atoms with Gasteiger partial charge < -0.3 is 33.5 Å². The Morgan fingerprint density at radius 2 is 1.00 bits per heavy atom. The maximum Gasteiger partial charge on any atom is 0.305 e. The molecule has 8 nitrogen and oxygen atoms in total. The van der Waals surface area contributed by atoms with Crippen molar-refractivity contribution in [1.82, 2.24) is 0 Å². The molecular weight excluding hydrogens is 488 g/mol. The lowest BCUT2D eigenvalue weighted by Gasteiger charge is -2.08. The van der Waals surface area contributed by atoms with E-state index < -0.39 is 0 Å². The quantitative estimate of drug-likeness (QED) is 0.0703. The van der Waals surface area contributed by atoms with Crippen molar-refractivity contribution in [2.75, 3.05) is 79.3 Å². The first kappa shape index (κ1) is 36.7. The Balaban J connectivity index is 3.21. The molecule has 224 valence electrons. The van der Waals surface area contributed by atoms with E-state index in [1.807, 2.05) is 0 Å². The highest BCUT2D eigenvalue weighted by Crippen LogP contribution is 2.08. The predicted molar refractivity (Wildman–Crippen MR) is 151 cm³/mol. The van der Waals surface area contributed by atoms with Crippen LogP contribution in [-0.4, -0.2) is 90.4 Å². The van der Waals surface area contributed by atoms with Gasteiger partial charge in [0.2, 0.25) is 0 Å². The zero-order valence-electron chi connectivity index (χ0n) is 24.1. The highest BCUT2D eigenvalue weighted by atomic mass is 16.6. The standard InChI is InChI=1S/C30H56O8/c1-2-3-4-5-6-7-8-9-10-11-12-13-14-15-16-17-30(32)38-29-28-37-27-26-36-25-24-35-23-22-34-21-20-33-19-18-31/h6-7,9-10,31H,2-5,8,11-29H2,1H3. The maximum atomic E-state index is 11.8. The van der Waals surface area contributed by atoms with E-state index in [1.165, 1.54) is 44.9 Å². The first-order chi connectivity index (χ1) is 18.8. The molecule has 0 aromatic carbocycles. The van der Waals surface area contributed by atoms with Crippen LogP contribution in [-0.2, 0) is 33.2 Å². The summed E-state index contributed by atoms with van der Waals surface area (Å²) in [6.07, 6.45) is 22.5. The van der Waals surface area contributed by atoms with E-state index in [4.69, 9.17) is 33.5 Å². The van der Waals surface area contributed by atoms with Crippen LogP contribution >= 0.6 is 0 Å². The lowest BCUT2D eigenvalue weighted by atomic mass is 10.1. The number of carbonyl (C=O) groups is 1. The minimum absolute atomic E-state index is 0.0266. The molecule has 0 radical (unpaired) electrons. The molecule has 0 spiro atoms. The van der Waals surface area contributed by atoms with E-state index in [1.54, 1.807) is 0 Å². The third-order valence-electron chi connectivity index (χ3n) is 5.55. The monoisotopic (exact) mass is 544 g/mol. The molecular formula is C30H56O8. The van der Waals surface area contributed by atoms with Gasteiger partial charge in [0.1, 0.15) is 6.61 Å². The van der Waals surface area contributed by atoms with Crippen LogP contribution in [0.2, 0.25) is 0 Å². The fourth-order valence-electron chi connectivity index (χ4n) is 3.41. The summed E-state index contributed by atoms with van der Waals surface area (Å²) in [4.78, 5) is 11.8. The van der Waals surface area contributed by atoms with E-state index in [-0.39, 0.29) is 19.2 Å². The normalized spacial score (nSPS) is 11.7. The fraction of sp³-hybridized carbons (Fsp3) is 0.833. The molecule has 0 unspecified atom stereocenters. The summed E-state index contributed by atoms with van der Waals surface area (Å²) in [6.45, 7) is 7.15. The van der Waals surface area contributed by atoms with Crippen molar-refractivity contribution in [1.29, 1.82) is 0 Å². The Bertz CT molecular complexity index is 524. The average molecular weight is 545 g/mol. The lowest BCUT2D eigenvalue weighted by molar-refractivity contribution is -0.145. The van der Waals surface area contributed by atoms with Crippen LogP contribution in [0.4, 0.5) is 0 Å². The van der Waals surface area contributed by atoms with Crippen LogP contribution in [0.1, 0.15) is 84.0 Å². The summed E-state index contributed by atoms with van der Waals surface area (Å²) in [7, 11) is 0. The van der Waals surface area contributed by atoms with Crippen LogP contribution in [0.25, 0.3) is 0 Å². The van der Waals surface area contributed by atoms with E-state index in [0.29, 0.717) is 72.5 Å². The topological polar surface area (TPSA) is 92.7 Å². The molecule has 0 aliphatic heterocycles. The summed E-state index contributed by atoms with van der Waals surface area (Å²) >= 11 is 0. The number of hydrogen-bond donors (Lipinski definition) is 1. The summed E-state index contributed by atoms with van der Waals surface area (Å²) in [6, 6.07) is 0. The largest absolute Gasteiger partial charge is 0.463 e. The Morgan fingerprint density at radius 1 is 0.553 bits per heavy atom. The van der Waals surface area contributed by atoms with Crippen molar-refractivity contribution < 1.29 is 38.3 Å². The number of carbonyl (C=O) groups excluding carboxylic acids is 1. The molecule has 38 heavy (non-hydrogen) atoms. The number of esters is 1. The van der Waals surface area contributed by atoms with Crippen molar-refractivity contribution in [3.63, 3.8) is 0 Å². The molecule has 0 aliphatic carbocycles. The molecule has 8 heteroatoms. The van der Waals surface area contributed by atoms with Gasteiger partial charge in [-0.15, -0.1) is 0 Å². The third kappa shape index (κ3) is 32.7.